The van der Waals surface area contributed by atoms with E-state index in [9.17, 15) is 4.79 Å². The summed E-state index contributed by atoms with van der Waals surface area (Å²) >= 11 is 3.40. The van der Waals surface area contributed by atoms with Gasteiger partial charge in [-0.2, -0.15) is 5.10 Å². The smallest absolute Gasteiger partial charge is 0.274 e. The van der Waals surface area contributed by atoms with E-state index in [-0.39, 0.29) is 18.3 Å². The van der Waals surface area contributed by atoms with Gasteiger partial charge in [-0.05, 0) is 31.2 Å². The average Bonchev–Trinajstić information content (AvgIpc) is 3.04. The summed E-state index contributed by atoms with van der Waals surface area (Å²) in [7, 11) is 0. The third-order valence-corrected chi connectivity index (χ3v) is 4.65. The number of aromatic amines is 1. The minimum Gasteiger partial charge on any atom is -0.492 e. The fraction of sp³-hybridized carbons (Fsp3) is 0.412. The van der Waals surface area contributed by atoms with Crippen LogP contribution in [0.15, 0.2) is 28.7 Å². The molecule has 1 aliphatic heterocycles. The van der Waals surface area contributed by atoms with Crippen molar-refractivity contribution in [1.29, 1.82) is 0 Å². The number of H-pyrrole nitrogens is 1. The van der Waals surface area contributed by atoms with Gasteiger partial charge in [0.15, 0.2) is 5.69 Å². The van der Waals surface area contributed by atoms with Crippen molar-refractivity contribution in [3.05, 3.63) is 45.7 Å². The van der Waals surface area contributed by atoms with Crippen LogP contribution in [0.4, 0.5) is 0 Å². The Morgan fingerprint density at radius 2 is 2.12 bits per heavy atom. The van der Waals surface area contributed by atoms with Gasteiger partial charge in [-0.15, -0.1) is 12.4 Å². The summed E-state index contributed by atoms with van der Waals surface area (Å²) in [6.45, 7) is 5.18. The highest BCUT2D eigenvalue weighted by Crippen LogP contribution is 2.18. The second kappa shape index (κ2) is 9.22. The van der Waals surface area contributed by atoms with Gasteiger partial charge in [0.2, 0.25) is 0 Å². The van der Waals surface area contributed by atoms with Gasteiger partial charge in [-0.1, -0.05) is 15.9 Å². The third-order valence-electron chi connectivity index (χ3n) is 4.12. The number of fused-ring (bicyclic) bond motifs is 1. The number of carbonyl (C=O) groups excluding carboxylic acids is 1. The molecule has 0 fully saturated rings. The second-order valence-electron chi connectivity index (χ2n) is 5.64. The van der Waals surface area contributed by atoms with E-state index in [2.05, 4.69) is 31.4 Å². The van der Waals surface area contributed by atoms with E-state index < -0.39 is 0 Å². The Morgan fingerprint density at radius 1 is 1.36 bits per heavy atom. The lowest BCUT2D eigenvalue weighted by atomic mass is 10.1. The van der Waals surface area contributed by atoms with Crippen LogP contribution < -0.4 is 10.1 Å². The molecule has 0 saturated heterocycles. The van der Waals surface area contributed by atoms with Crippen LogP contribution in [0.2, 0.25) is 0 Å². The summed E-state index contributed by atoms with van der Waals surface area (Å²) in [5, 5.41) is 10.5. The Balaban J connectivity index is 0.00000225. The predicted octanol–water partition coefficient (Wildman–Crippen LogP) is 2.78. The molecule has 1 aromatic heterocycles. The molecule has 0 atom stereocenters. The number of carbonyl (C=O) groups is 1. The SMILES string of the molecule is CCN(CCOc1ccc(Br)cc1)C(=O)c1n[nH]c2c1CNCC2.Cl. The highest BCUT2D eigenvalue weighted by molar-refractivity contribution is 9.10. The van der Waals surface area contributed by atoms with Crippen LogP contribution in [-0.4, -0.2) is 47.2 Å². The molecule has 1 aromatic carbocycles. The average molecular weight is 430 g/mol. The summed E-state index contributed by atoms with van der Waals surface area (Å²) < 4.78 is 6.73. The van der Waals surface area contributed by atoms with Crippen LogP contribution in [0, 0.1) is 0 Å². The number of nitrogens with one attached hydrogen (secondary N) is 2. The number of hydrogen-bond donors (Lipinski definition) is 2. The molecule has 2 heterocycles. The zero-order valence-corrected chi connectivity index (χ0v) is 16.5. The van der Waals surface area contributed by atoms with Crippen molar-refractivity contribution in [2.75, 3.05) is 26.2 Å². The van der Waals surface area contributed by atoms with Crippen LogP contribution in [0.1, 0.15) is 28.7 Å². The van der Waals surface area contributed by atoms with Gasteiger partial charge in [0.05, 0.1) is 6.54 Å². The molecule has 1 amide bonds. The zero-order chi connectivity index (χ0) is 16.9. The van der Waals surface area contributed by atoms with Gasteiger partial charge in [0.1, 0.15) is 12.4 Å². The molecule has 0 radical (unpaired) electrons. The summed E-state index contributed by atoms with van der Waals surface area (Å²) in [4.78, 5) is 14.5. The maximum absolute atomic E-state index is 12.7. The minimum absolute atomic E-state index is 0. The summed E-state index contributed by atoms with van der Waals surface area (Å²) in [5.74, 6) is 0.751. The van der Waals surface area contributed by atoms with Gasteiger partial charge in [-0.3, -0.25) is 9.89 Å². The molecule has 136 valence electrons. The van der Waals surface area contributed by atoms with Gasteiger partial charge < -0.3 is 15.0 Å². The molecule has 6 nitrogen and oxygen atoms in total. The first-order valence-corrected chi connectivity index (χ1v) is 8.92. The normalized spacial score (nSPS) is 12.9. The number of halogens is 2. The minimum atomic E-state index is -0.0434. The number of hydrogen-bond acceptors (Lipinski definition) is 4. The molecule has 3 rings (SSSR count). The summed E-state index contributed by atoms with van der Waals surface area (Å²) in [6, 6.07) is 7.66. The quantitative estimate of drug-likeness (QED) is 0.741. The van der Waals surface area contributed by atoms with Crippen molar-refractivity contribution in [1.82, 2.24) is 20.4 Å². The van der Waals surface area contributed by atoms with E-state index in [1.807, 2.05) is 31.2 Å². The first-order valence-electron chi connectivity index (χ1n) is 8.13. The van der Waals surface area contributed by atoms with Crippen molar-refractivity contribution in [2.24, 2.45) is 0 Å². The largest absolute Gasteiger partial charge is 0.492 e. The Kier molecular flexibility index (Phi) is 7.28. The van der Waals surface area contributed by atoms with E-state index in [4.69, 9.17) is 4.74 Å². The number of amides is 1. The Bertz CT molecular complexity index is 705. The molecule has 25 heavy (non-hydrogen) atoms. The fourth-order valence-corrected chi connectivity index (χ4v) is 3.02. The van der Waals surface area contributed by atoms with Crippen molar-refractivity contribution < 1.29 is 9.53 Å². The summed E-state index contributed by atoms with van der Waals surface area (Å²) in [6.07, 6.45) is 0.883. The Morgan fingerprint density at radius 3 is 2.84 bits per heavy atom. The fourth-order valence-electron chi connectivity index (χ4n) is 2.76. The molecule has 0 aliphatic carbocycles. The van der Waals surface area contributed by atoms with Crippen LogP contribution in [0.25, 0.3) is 0 Å². The lowest BCUT2D eigenvalue weighted by Gasteiger charge is -2.21. The van der Waals surface area contributed by atoms with E-state index in [0.717, 1.165) is 34.4 Å². The van der Waals surface area contributed by atoms with E-state index >= 15 is 0 Å². The van der Waals surface area contributed by atoms with Gasteiger partial charge in [-0.25, -0.2) is 0 Å². The highest BCUT2D eigenvalue weighted by atomic mass is 79.9. The molecular formula is C17H22BrClN4O2. The number of aromatic nitrogens is 2. The molecule has 0 saturated carbocycles. The van der Waals surface area contributed by atoms with Crippen LogP contribution >= 0.6 is 28.3 Å². The first-order chi connectivity index (χ1) is 11.7. The monoisotopic (exact) mass is 428 g/mol. The molecule has 0 spiro atoms. The molecule has 2 aromatic rings. The van der Waals surface area contributed by atoms with E-state index in [1.54, 1.807) is 4.90 Å². The first kappa shape index (κ1) is 19.8. The van der Waals surface area contributed by atoms with Gasteiger partial charge >= 0.3 is 0 Å². The number of likely N-dealkylation sites (N-methyl/N-ethyl adjacent to an activating group) is 1. The topological polar surface area (TPSA) is 70.2 Å². The molecule has 1 aliphatic rings. The zero-order valence-electron chi connectivity index (χ0n) is 14.0. The van der Waals surface area contributed by atoms with Crippen LogP contribution in [-0.2, 0) is 13.0 Å². The van der Waals surface area contributed by atoms with Gasteiger partial charge in [0.25, 0.3) is 5.91 Å². The van der Waals surface area contributed by atoms with Crippen molar-refractivity contribution in [2.45, 2.75) is 19.9 Å². The Labute approximate surface area is 161 Å². The van der Waals surface area contributed by atoms with Crippen LogP contribution in [0.3, 0.4) is 0 Å². The second-order valence-corrected chi connectivity index (χ2v) is 6.56. The van der Waals surface area contributed by atoms with E-state index in [0.29, 0.717) is 31.9 Å². The molecule has 2 N–H and O–H groups in total. The van der Waals surface area contributed by atoms with Crippen molar-refractivity contribution in [3.63, 3.8) is 0 Å². The predicted molar refractivity (Wildman–Crippen MR) is 102 cm³/mol. The van der Waals surface area contributed by atoms with E-state index in [1.165, 1.54) is 0 Å². The number of ether oxygens (including phenoxy) is 1. The number of nitrogens with zero attached hydrogens (tertiary/aromatic N) is 2. The molecule has 8 heteroatoms. The molecule has 0 bridgehead atoms. The maximum atomic E-state index is 12.7. The molecular weight excluding hydrogens is 408 g/mol. The molecule has 0 unspecified atom stereocenters. The number of rotatable bonds is 6. The summed E-state index contributed by atoms with van der Waals surface area (Å²) in [5.41, 5.74) is 2.60. The van der Waals surface area contributed by atoms with Crippen molar-refractivity contribution >= 4 is 34.2 Å². The lowest BCUT2D eigenvalue weighted by Crippen LogP contribution is -2.36. The lowest BCUT2D eigenvalue weighted by molar-refractivity contribution is 0.0732. The maximum Gasteiger partial charge on any atom is 0.274 e. The van der Waals surface area contributed by atoms with Crippen LogP contribution in [0.5, 0.6) is 5.75 Å². The van der Waals surface area contributed by atoms with Gasteiger partial charge in [0, 0.05) is 41.8 Å². The van der Waals surface area contributed by atoms with Crippen molar-refractivity contribution in [3.8, 4) is 5.75 Å². The Hall–Kier alpha value is -1.57. The highest BCUT2D eigenvalue weighted by Gasteiger charge is 2.24. The standard InChI is InChI=1S/C17H21BrN4O2.ClH/c1-2-22(9-10-24-13-5-3-12(18)4-6-13)17(23)16-14-11-19-8-7-15(14)20-21-16;/h3-6,19H,2,7-11H2,1H3,(H,20,21);1H. The number of benzene rings is 1. The third kappa shape index (κ3) is 4.74.